The summed E-state index contributed by atoms with van der Waals surface area (Å²) >= 11 is 1.73. The number of anilines is 1. The van der Waals surface area contributed by atoms with Crippen LogP contribution in [0.15, 0.2) is 83.8 Å². The first kappa shape index (κ1) is 27.7. The van der Waals surface area contributed by atoms with Crippen LogP contribution in [0.5, 0.6) is 0 Å². The van der Waals surface area contributed by atoms with Crippen LogP contribution in [0.1, 0.15) is 42.4 Å². The summed E-state index contributed by atoms with van der Waals surface area (Å²) < 4.78 is 17.6. The van der Waals surface area contributed by atoms with E-state index in [1.807, 2.05) is 54.6 Å². The molecule has 3 N–H and O–H groups in total. The van der Waals surface area contributed by atoms with Crippen LogP contribution in [0.2, 0.25) is 0 Å². The van der Waals surface area contributed by atoms with E-state index in [4.69, 9.17) is 14.2 Å². The molecule has 1 saturated heterocycles. The van der Waals surface area contributed by atoms with Crippen LogP contribution in [0, 0.1) is 0 Å². The summed E-state index contributed by atoms with van der Waals surface area (Å²) in [5, 5.41) is 14.6. The lowest BCUT2D eigenvalue weighted by molar-refractivity contribution is -0.245. The van der Waals surface area contributed by atoms with Crippen LogP contribution in [0.3, 0.4) is 0 Å². The van der Waals surface area contributed by atoms with Crippen molar-refractivity contribution in [1.29, 1.82) is 0 Å². The Morgan fingerprint density at radius 2 is 1.79 bits per heavy atom. The summed E-state index contributed by atoms with van der Waals surface area (Å²) in [5.41, 5.74) is 3.16. The predicted octanol–water partition coefficient (Wildman–Crippen LogP) is 5.20. The van der Waals surface area contributed by atoms with E-state index in [2.05, 4.69) is 22.8 Å². The third-order valence-electron chi connectivity index (χ3n) is 5.91. The third-order valence-corrected chi connectivity index (χ3v) is 7.05. The number of rotatable bonds is 10. The van der Waals surface area contributed by atoms with Crippen molar-refractivity contribution >= 4 is 29.4 Å². The highest BCUT2D eigenvalue weighted by molar-refractivity contribution is 7.99. The van der Waals surface area contributed by atoms with Gasteiger partial charge in [-0.05, 0) is 42.3 Å². The molecule has 0 aromatic heterocycles. The average Bonchev–Trinajstić information content (AvgIpc) is 2.96. The van der Waals surface area contributed by atoms with Crippen molar-refractivity contribution in [2.75, 3.05) is 24.2 Å². The van der Waals surface area contributed by atoms with Crippen molar-refractivity contribution in [3.05, 3.63) is 95.6 Å². The van der Waals surface area contributed by atoms with E-state index in [1.165, 1.54) is 4.90 Å². The van der Waals surface area contributed by atoms with E-state index in [-0.39, 0.29) is 32.0 Å². The van der Waals surface area contributed by atoms with Gasteiger partial charge in [-0.2, -0.15) is 0 Å². The van der Waals surface area contributed by atoms with E-state index < -0.39 is 18.3 Å². The number of esters is 1. The summed E-state index contributed by atoms with van der Waals surface area (Å²) in [6, 6.07) is 24.7. The fraction of sp³-hybridized carbons (Fsp3) is 0.310. The number of amides is 2. The molecule has 0 aliphatic carbocycles. The second kappa shape index (κ2) is 14.0. The van der Waals surface area contributed by atoms with Gasteiger partial charge in [-0.15, -0.1) is 11.8 Å². The highest BCUT2D eigenvalue weighted by Gasteiger charge is 2.32. The number of aliphatic hydroxyl groups is 1. The summed E-state index contributed by atoms with van der Waals surface area (Å²) in [4.78, 5) is 24.9. The van der Waals surface area contributed by atoms with Crippen LogP contribution in [0.25, 0.3) is 0 Å². The van der Waals surface area contributed by atoms with Crippen molar-refractivity contribution < 1.29 is 28.9 Å². The molecule has 38 heavy (non-hydrogen) atoms. The maximum absolute atomic E-state index is 12.3. The molecule has 1 fully saturated rings. The first-order valence-electron chi connectivity index (χ1n) is 12.5. The number of aliphatic hydroxyl groups excluding tert-OH is 1. The molecule has 0 radical (unpaired) electrons. The Morgan fingerprint density at radius 3 is 2.53 bits per heavy atom. The van der Waals surface area contributed by atoms with Gasteiger partial charge in [0, 0.05) is 28.3 Å². The van der Waals surface area contributed by atoms with E-state index in [0.29, 0.717) is 12.1 Å². The summed E-state index contributed by atoms with van der Waals surface area (Å²) in [6.07, 6.45) is -0.237. The number of carbonyl (C=O) groups excluding carboxylic acids is 2. The lowest BCUT2D eigenvalue weighted by Gasteiger charge is -2.36. The quantitative estimate of drug-likeness (QED) is 0.242. The fourth-order valence-electron chi connectivity index (χ4n) is 4.03. The van der Waals surface area contributed by atoms with Crippen LogP contribution >= 0.6 is 11.8 Å². The van der Waals surface area contributed by atoms with Gasteiger partial charge in [-0.1, -0.05) is 54.6 Å². The molecular weight excluding hydrogens is 504 g/mol. The number of thioether (sulfide) groups is 1. The zero-order chi connectivity index (χ0) is 26.7. The Hall–Kier alpha value is -3.37. The number of carbonyl (C=O) groups is 2. The molecule has 0 saturated carbocycles. The Morgan fingerprint density at radius 1 is 1.00 bits per heavy atom. The van der Waals surface area contributed by atoms with Crippen molar-refractivity contribution in [3.8, 4) is 0 Å². The van der Waals surface area contributed by atoms with Gasteiger partial charge >= 0.3 is 12.0 Å². The van der Waals surface area contributed by atoms with Gasteiger partial charge < -0.3 is 30.0 Å². The van der Waals surface area contributed by atoms with Gasteiger partial charge in [0.1, 0.15) is 6.54 Å². The van der Waals surface area contributed by atoms with Gasteiger partial charge in [0.05, 0.1) is 25.4 Å². The number of benzene rings is 3. The minimum Gasteiger partial charge on any atom is -0.465 e. The Labute approximate surface area is 226 Å². The van der Waals surface area contributed by atoms with Crippen LogP contribution in [-0.2, 0) is 25.6 Å². The topological polar surface area (TPSA) is 106 Å². The molecule has 4 rings (SSSR count). The minimum absolute atomic E-state index is 0.0129. The predicted molar refractivity (Wildman–Crippen MR) is 146 cm³/mol. The second-order valence-corrected chi connectivity index (χ2v) is 9.81. The molecule has 200 valence electrons. The molecule has 3 aromatic carbocycles. The molecule has 1 aliphatic heterocycles. The maximum atomic E-state index is 12.3. The molecule has 1 aliphatic rings. The lowest BCUT2D eigenvalue weighted by Crippen LogP contribution is -2.34. The van der Waals surface area contributed by atoms with Crippen LogP contribution in [-0.4, -0.2) is 42.1 Å². The summed E-state index contributed by atoms with van der Waals surface area (Å²) in [6.45, 7) is 1.73. The molecule has 1 heterocycles. The molecule has 3 aromatic rings. The number of ether oxygens (including phenoxy) is 3. The monoisotopic (exact) mass is 536 g/mol. The van der Waals surface area contributed by atoms with Gasteiger partial charge in [0.2, 0.25) is 0 Å². The fourth-order valence-corrected chi connectivity index (χ4v) is 4.97. The van der Waals surface area contributed by atoms with Crippen molar-refractivity contribution in [2.24, 2.45) is 0 Å². The third kappa shape index (κ3) is 8.06. The molecule has 2 amide bonds. The molecular formula is C29H32N2O6S. The Bertz CT molecular complexity index is 1190. The minimum atomic E-state index is -0.642. The zero-order valence-corrected chi connectivity index (χ0v) is 22.0. The average molecular weight is 537 g/mol. The van der Waals surface area contributed by atoms with E-state index in [1.54, 1.807) is 30.8 Å². The number of nitrogens with one attached hydrogen (secondary N) is 2. The summed E-state index contributed by atoms with van der Waals surface area (Å²) in [7, 11) is 0. The molecule has 9 heteroatoms. The standard InChI is InChI=1S/C29H32N2O6S/c1-2-35-27(33)17-30-29(34)31-23-8-6-7-22(15-23)28-36-24(19-38-25-9-4-3-5-10-25)16-26(37-28)21-13-11-20(18-32)12-14-21/h3-15,24,26,28,32H,2,16-19H2,1H3,(H2,30,31,34)/t24-,26+,28+/m1/s1. The summed E-state index contributed by atoms with van der Waals surface area (Å²) in [5.74, 6) is 0.251. The van der Waals surface area contributed by atoms with Crippen molar-refractivity contribution in [2.45, 2.75) is 43.3 Å². The Balaban J connectivity index is 1.47. The molecule has 0 bridgehead atoms. The van der Waals surface area contributed by atoms with Gasteiger partial charge in [-0.3, -0.25) is 4.79 Å². The van der Waals surface area contributed by atoms with Gasteiger partial charge in [0.15, 0.2) is 6.29 Å². The first-order valence-corrected chi connectivity index (χ1v) is 13.5. The maximum Gasteiger partial charge on any atom is 0.325 e. The lowest BCUT2D eigenvalue weighted by atomic mass is 10.0. The largest absolute Gasteiger partial charge is 0.465 e. The van der Waals surface area contributed by atoms with Crippen molar-refractivity contribution in [3.63, 3.8) is 0 Å². The van der Waals surface area contributed by atoms with Crippen LogP contribution in [0.4, 0.5) is 10.5 Å². The van der Waals surface area contributed by atoms with Crippen molar-refractivity contribution in [1.82, 2.24) is 5.32 Å². The highest BCUT2D eigenvalue weighted by atomic mass is 32.2. The van der Waals surface area contributed by atoms with E-state index >= 15 is 0 Å². The SMILES string of the molecule is CCOC(=O)CNC(=O)Nc1cccc([C@H]2O[C@@H](CSc3ccccc3)C[C@@H](c3ccc(CO)cc3)O2)c1. The zero-order valence-electron chi connectivity index (χ0n) is 21.2. The highest BCUT2D eigenvalue weighted by Crippen LogP contribution is 2.39. The molecule has 0 spiro atoms. The smallest absolute Gasteiger partial charge is 0.325 e. The van der Waals surface area contributed by atoms with Crippen LogP contribution < -0.4 is 10.6 Å². The van der Waals surface area contributed by atoms with Gasteiger partial charge in [-0.25, -0.2) is 4.79 Å². The Kier molecular flexibility index (Phi) is 10.2. The van der Waals surface area contributed by atoms with E-state index in [0.717, 1.165) is 22.4 Å². The first-order chi connectivity index (χ1) is 18.5. The second-order valence-electron chi connectivity index (χ2n) is 8.71. The molecule has 8 nitrogen and oxygen atoms in total. The molecule has 3 atom stereocenters. The number of hydrogen-bond acceptors (Lipinski definition) is 7. The number of urea groups is 1. The normalized spacial score (nSPS) is 18.9. The van der Waals surface area contributed by atoms with E-state index in [9.17, 15) is 14.7 Å². The molecule has 0 unspecified atom stereocenters. The van der Waals surface area contributed by atoms with Gasteiger partial charge in [0.25, 0.3) is 0 Å². The number of hydrogen-bond donors (Lipinski definition) is 3.